The van der Waals surface area contributed by atoms with E-state index in [2.05, 4.69) is 93.7 Å². The number of rotatable bonds is 42. The third kappa shape index (κ3) is 43.4. The topological polar surface area (TPSA) is 155 Å². The van der Waals surface area contributed by atoms with Crippen molar-refractivity contribution in [2.45, 2.75) is 174 Å². The summed E-state index contributed by atoms with van der Waals surface area (Å²) < 4.78 is 39.0. The minimum Gasteiger partial charge on any atom is -0.462 e. The smallest absolute Gasteiger partial charge is 0.462 e. The van der Waals surface area contributed by atoms with Crippen molar-refractivity contribution < 1.29 is 52.2 Å². The number of allylic oxidation sites excluding steroid dienone is 18. The van der Waals surface area contributed by atoms with Crippen LogP contribution in [0.4, 0.5) is 0 Å². The summed E-state index contributed by atoms with van der Waals surface area (Å²) >= 11 is 0. The van der Waals surface area contributed by atoms with Gasteiger partial charge in [0.05, 0.1) is 19.8 Å². The van der Waals surface area contributed by atoms with Crippen molar-refractivity contribution in [1.82, 2.24) is 0 Å². The van der Waals surface area contributed by atoms with Crippen molar-refractivity contribution in [2.24, 2.45) is 0 Å². The van der Waals surface area contributed by atoms with Gasteiger partial charge < -0.3 is 24.2 Å². The molecule has 0 saturated heterocycles. The summed E-state index contributed by atoms with van der Waals surface area (Å²) in [5, 5.41) is 9.73. The second-order valence-electron chi connectivity index (χ2n) is 15.1. The Balaban J connectivity index is 4.93. The first-order chi connectivity index (χ1) is 31.2. The summed E-state index contributed by atoms with van der Waals surface area (Å²) in [5.74, 6) is -1.68. The van der Waals surface area contributed by atoms with Gasteiger partial charge in [-0.05, 0) is 89.9 Å². The van der Waals surface area contributed by atoms with Crippen LogP contribution in [0.5, 0.6) is 0 Å². The Kier molecular flexibility index (Phi) is 42.9. The lowest BCUT2D eigenvalue weighted by atomic mass is 10.1. The number of carbonyl (C=O) groups is 3. The molecule has 0 amide bonds. The van der Waals surface area contributed by atoms with Gasteiger partial charge in [0.25, 0.3) is 0 Å². The molecule has 3 unspecified atom stereocenters. The van der Waals surface area contributed by atoms with E-state index in [1.165, 1.54) is 12.8 Å². The molecule has 0 aliphatic heterocycles. The number of aliphatic hydroxyl groups is 1. The Bertz CT molecular complexity index is 1490. The number of phosphoric ester groups is 1. The van der Waals surface area contributed by atoms with Crippen LogP contribution in [-0.4, -0.2) is 66.5 Å². The molecule has 0 aromatic carbocycles. The maximum absolute atomic E-state index is 12.8. The molecule has 0 bridgehead atoms. The molecule has 0 fully saturated rings. The first kappa shape index (κ1) is 60.1. The van der Waals surface area contributed by atoms with Gasteiger partial charge in [-0.25, -0.2) is 4.57 Å². The molecular weight excluding hydrogens is 832 g/mol. The van der Waals surface area contributed by atoms with Crippen LogP contribution in [0, 0.1) is 0 Å². The largest absolute Gasteiger partial charge is 0.472 e. The maximum atomic E-state index is 12.8. The number of hydrogen-bond acceptors (Lipinski definition) is 10. The van der Waals surface area contributed by atoms with Crippen LogP contribution in [-0.2, 0) is 42.2 Å². The monoisotopic (exact) mass is 915 g/mol. The quantitative estimate of drug-likeness (QED) is 0.0198. The molecule has 362 valence electrons. The van der Waals surface area contributed by atoms with Gasteiger partial charge in [-0.1, -0.05) is 162 Å². The normalized spacial score (nSPS) is 14.5. The van der Waals surface area contributed by atoms with E-state index in [1.807, 2.05) is 36.5 Å². The molecule has 0 aliphatic carbocycles. The Morgan fingerprint density at radius 2 is 0.844 bits per heavy atom. The van der Waals surface area contributed by atoms with Gasteiger partial charge in [0.15, 0.2) is 6.10 Å². The summed E-state index contributed by atoms with van der Waals surface area (Å²) in [4.78, 5) is 48.0. The summed E-state index contributed by atoms with van der Waals surface area (Å²) in [6.07, 6.45) is 52.5. The number of aliphatic hydroxyl groups excluding tert-OH is 1. The Morgan fingerprint density at radius 1 is 0.453 bits per heavy atom. The van der Waals surface area contributed by atoms with Gasteiger partial charge in [0.1, 0.15) is 12.7 Å². The van der Waals surface area contributed by atoms with E-state index in [0.717, 1.165) is 89.9 Å². The molecule has 0 aromatic rings. The lowest BCUT2D eigenvalue weighted by molar-refractivity contribution is -0.161. The van der Waals surface area contributed by atoms with E-state index >= 15 is 0 Å². The van der Waals surface area contributed by atoms with Crippen molar-refractivity contribution in [3.05, 3.63) is 109 Å². The standard InChI is InChI=1S/C52H83O11P/c1-4-7-10-13-16-19-22-24-27-30-33-36-39-42-51(55)62-48(44-53)46-60-64(57,58)61-47-49(45-59-50(54)41-38-35-32-29-26-21-18-15-12-9-6-3)63-52(56)43-40-37-34-31-28-25-23-20-17-14-11-8-5-2/h7-8,10-11,15-20,24-25,27-28,33-34,36-37,48-49,53H,4-6,9,12-14,21-23,26,29-32,35,38-47H2,1-3H3,(H,57,58)/b10-7-,11-8-,18-15-,19-16-,20-17-,27-24-,28-25-,36-33-,37-34-. The molecule has 0 heterocycles. The predicted octanol–water partition coefficient (Wildman–Crippen LogP) is 13.1. The number of carbonyl (C=O) groups excluding carboxylic acids is 3. The van der Waals surface area contributed by atoms with Gasteiger partial charge in [-0.3, -0.25) is 23.4 Å². The number of esters is 3. The van der Waals surface area contributed by atoms with Crippen LogP contribution in [0.2, 0.25) is 0 Å². The highest BCUT2D eigenvalue weighted by Crippen LogP contribution is 2.43. The Hall–Kier alpha value is -3.86. The lowest BCUT2D eigenvalue weighted by Crippen LogP contribution is -2.30. The Labute approximate surface area is 386 Å². The molecule has 12 heteroatoms. The van der Waals surface area contributed by atoms with Crippen molar-refractivity contribution in [3.63, 3.8) is 0 Å². The van der Waals surface area contributed by atoms with Crippen LogP contribution >= 0.6 is 7.82 Å². The molecule has 0 rings (SSSR count). The van der Waals surface area contributed by atoms with Crippen molar-refractivity contribution >= 4 is 25.7 Å². The molecule has 0 aromatic heterocycles. The van der Waals surface area contributed by atoms with Crippen molar-refractivity contribution in [2.75, 3.05) is 26.4 Å². The van der Waals surface area contributed by atoms with Crippen molar-refractivity contribution in [3.8, 4) is 0 Å². The average Bonchev–Trinajstić information content (AvgIpc) is 3.28. The third-order valence-electron chi connectivity index (χ3n) is 9.19. The van der Waals surface area contributed by atoms with Gasteiger partial charge in [-0.15, -0.1) is 0 Å². The fourth-order valence-corrected chi connectivity index (χ4v) is 6.38. The second-order valence-corrected chi connectivity index (χ2v) is 16.6. The first-order valence-electron chi connectivity index (χ1n) is 23.8. The molecule has 3 atom stereocenters. The van der Waals surface area contributed by atoms with Gasteiger partial charge in [0.2, 0.25) is 0 Å². The van der Waals surface area contributed by atoms with E-state index in [4.69, 9.17) is 23.3 Å². The van der Waals surface area contributed by atoms with Gasteiger partial charge >= 0.3 is 25.7 Å². The van der Waals surface area contributed by atoms with E-state index < -0.39 is 57.8 Å². The summed E-state index contributed by atoms with van der Waals surface area (Å²) in [5.41, 5.74) is 0. The zero-order valence-corrected chi connectivity index (χ0v) is 40.3. The van der Waals surface area contributed by atoms with Crippen LogP contribution in [0.15, 0.2) is 109 Å². The number of ether oxygens (including phenoxy) is 3. The fourth-order valence-electron chi connectivity index (χ4n) is 5.60. The lowest BCUT2D eigenvalue weighted by Gasteiger charge is -2.21. The maximum Gasteiger partial charge on any atom is 0.472 e. The SMILES string of the molecule is CC/C=C\C/C=C\C/C=C\C/C=C\CCC(=O)OC(CO)COP(=O)(O)OCC(COC(=O)CCCCCCC/C=C\CCCC)OC(=O)CC/C=C\C/C=C\C/C=C\C/C=C\CC. The molecule has 0 radical (unpaired) electrons. The molecule has 11 nitrogen and oxygen atoms in total. The molecule has 0 spiro atoms. The van der Waals surface area contributed by atoms with E-state index in [9.17, 15) is 28.9 Å². The molecule has 0 aliphatic rings. The van der Waals surface area contributed by atoms with E-state index in [0.29, 0.717) is 19.3 Å². The third-order valence-corrected chi connectivity index (χ3v) is 10.1. The van der Waals surface area contributed by atoms with Crippen LogP contribution in [0.25, 0.3) is 0 Å². The average molecular weight is 915 g/mol. The number of phosphoric acid groups is 1. The van der Waals surface area contributed by atoms with Crippen molar-refractivity contribution in [1.29, 1.82) is 0 Å². The molecule has 0 saturated carbocycles. The molecule has 2 N–H and O–H groups in total. The van der Waals surface area contributed by atoms with E-state index in [-0.39, 0.29) is 25.9 Å². The van der Waals surface area contributed by atoms with Gasteiger partial charge in [0, 0.05) is 19.3 Å². The zero-order valence-electron chi connectivity index (χ0n) is 39.4. The fraction of sp³-hybridized carbons (Fsp3) is 0.596. The highest BCUT2D eigenvalue weighted by atomic mass is 31.2. The number of hydrogen-bond donors (Lipinski definition) is 2. The highest BCUT2D eigenvalue weighted by Gasteiger charge is 2.28. The first-order valence-corrected chi connectivity index (χ1v) is 25.3. The zero-order chi connectivity index (χ0) is 47.0. The minimum absolute atomic E-state index is 0.0341. The highest BCUT2D eigenvalue weighted by molar-refractivity contribution is 7.47. The minimum atomic E-state index is -4.78. The summed E-state index contributed by atoms with van der Waals surface area (Å²) in [6.45, 7) is 4.14. The predicted molar refractivity (Wildman–Crippen MR) is 260 cm³/mol. The molecular formula is C52H83O11P. The number of unbranched alkanes of at least 4 members (excludes halogenated alkanes) is 7. The second kappa shape index (κ2) is 45.7. The van der Waals surface area contributed by atoms with Crippen LogP contribution in [0.1, 0.15) is 162 Å². The molecule has 64 heavy (non-hydrogen) atoms. The van der Waals surface area contributed by atoms with Crippen LogP contribution < -0.4 is 0 Å². The summed E-state index contributed by atoms with van der Waals surface area (Å²) in [7, 11) is -4.78. The summed E-state index contributed by atoms with van der Waals surface area (Å²) in [6, 6.07) is 0. The Morgan fingerprint density at radius 3 is 1.31 bits per heavy atom. The van der Waals surface area contributed by atoms with E-state index in [1.54, 1.807) is 0 Å². The van der Waals surface area contributed by atoms with Gasteiger partial charge in [-0.2, -0.15) is 0 Å². The van der Waals surface area contributed by atoms with Crippen LogP contribution in [0.3, 0.4) is 0 Å².